The Hall–Kier alpha value is -5.72. The van der Waals surface area contributed by atoms with E-state index in [1.54, 1.807) is 11.3 Å². The number of benzene rings is 5. The Balaban J connectivity index is 1.22. The standard InChI is InChI=1S/C38H22N4OS/c1-3-11-24(12-4-1)35-40-36(25-13-5-2-6-14-25)42-37(41-35)26-21-19-23(20-22-26)33-34-31(28-16-8-10-18-30(28)44-34)32-27-15-7-9-17-29(27)43-38(32)39-33/h1-22H. The summed E-state index contributed by atoms with van der Waals surface area (Å²) in [6, 6.07) is 45.1. The molecule has 9 aromatic rings. The van der Waals surface area contributed by atoms with Crippen molar-refractivity contribution in [3.63, 3.8) is 0 Å². The van der Waals surface area contributed by atoms with Crippen molar-refractivity contribution in [2.24, 2.45) is 0 Å². The summed E-state index contributed by atoms with van der Waals surface area (Å²) in [5.41, 5.74) is 6.21. The molecule has 0 saturated heterocycles. The summed E-state index contributed by atoms with van der Waals surface area (Å²) in [5, 5.41) is 4.57. The Morgan fingerprint density at radius 3 is 1.61 bits per heavy atom. The predicted octanol–water partition coefficient (Wildman–Crippen LogP) is 10.2. The van der Waals surface area contributed by atoms with E-state index in [9.17, 15) is 0 Å². The lowest BCUT2D eigenvalue weighted by Gasteiger charge is -2.09. The number of fused-ring (bicyclic) bond motifs is 7. The lowest BCUT2D eigenvalue weighted by molar-refractivity contribution is 0.655. The SMILES string of the molecule is c1ccc(-c2nc(-c3ccccc3)nc(-c3ccc(-c4nc5oc6ccccc6c5c5c4sc4ccccc45)cc3)n2)cc1. The summed E-state index contributed by atoms with van der Waals surface area (Å²) in [4.78, 5) is 19.7. The average Bonchev–Trinajstić information content (AvgIpc) is 3.67. The van der Waals surface area contributed by atoms with Crippen LogP contribution in [-0.2, 0) is 0 Å². The molecular formula is C38H22N4OS. The van der Waals surface area contributed by atoms with Crippen LogP contribution in [0.1, 0.15) is 0 Å². The Morgan fingerprint density at radius 1 is 0.432 bits per heavy atom. The second-order valence-corrected chi connectivity index (χ2v) is 11.7. The fourth-order valence-electron chi connectivity index (χ4n) is 5.88. The molecule has 0 aliphatic heterocycles. The van der Waals surface area contributed by atoms with Gasteiger partial charge in [0.25, 0.3) is 0 Å². The van der Waals surface area contributed by atoms with Gasteiger partial charge in [0.2, 0.25) is 5.71 Å². The topological polar surface area (TPSA) is 64.7 Å². The van der Waals surface area contributed by atoms with Crippen LogP contribution >= 0.6 is 11.3 Å². The van der Waals surface area contributed by atoms with E-state index in [1.807, 2.05) is 72.8 Å². The molecule has 0 radical (unpaired) electrons. The Morgan fingerprint density at radius 2 is 0.955 bits per heavy atom. The number of furan rings is 1. The van der Waals surface area contributed by atoms with Crippen molar-refractivity contribution in [1.29, 1.82) is 0 Å². The van der Waals surface area contributed by atoms with Crippen LogP contribution in [0.4, 0.5) is 0 Å². The molecule has 4 heterocycles. The molecule has 0 unspecified atom stereocenters. The van der Waals surface area contributed by atoms with Crippen LogP contribution < -0.4 is 0 Å². The maximum Gasteiger partial charge on any atom is 0.228 e. The molecule has 5 nitrogen and oxygen atoms in total. The molecule has 0 bridgehead atoms. The summed E-state index contributed by atoms with van der Waals surface area (Å²) < 4.78 is 8.69. The molecule has 206 valence electrons. The summed E-state index contributed by atoms with van der Waals surface area (Å²) in [6.45, 7) is 0. The number of hydrogen-bond donors (Lipinski definition) is 0. The van der Waals surface area contributed by atoms with E-state index in [1.165, 1.54) is 15.5 Å². The number of para-hydroxylation sites is 1. The van der Waals surface area contributed by atoms with Gasteiger partial charge in [0, 0.05) is 43.1 Å². The number of aromatic nitrogens is 4. The van der Waals surface area contributed by atoms with Crippen LogP contribution in [0.2, 0.25) is 0 Å². The molecule has 5 aromatic carbocycles. The van der Waals surface area contributed by atoms with E-state index < -0.39 is 0 Å². The zero-order valence-corrected chi connectivity index (χ0v) is 24.1. The maximum absolute atomic E-state index is 6.31. The molecule has 0 amide bonds. The number of rotatable bonds is 4. The lowest BCUT2D eigenvalue weighted by atomic mass is 10.0. The predicted molar refractivity (Wildman–Crippen MR) is 180 cm³/mol. The van der Waals surface area contributed by atoms with Gasteiger partial charge in [0.15, 0.2) is 17.5 Å². The molecule has 6 heteroatoms. The minimum Gasteiger partial charge on any atom is -0.438 e. The van der Waals surface area contributed by atoms with Gasteiger partial charge in [-0.1, -0.05) is 121 Å². The van der Waals surface area contributed by atoms with Crippen molar-refractivity contribution >= 4 is 53.6 Å². The van der Waals surface area contributed by atoms with Crippen molar-refractivity contribution in [2.45, 2.75) is 0 Å². The smallest absolute Gasteiger partial charge is 0.228 e. The first-order chi connectivity index (χ1) is 21.8. The third kappa shape index (κ3) is 4.00. The maximum atomic E-state index is 6.31. The fourth-order valence-corrected chi connectivity index (χ4v) is 7.10. The number of thiophene rings is 1. The summed E-state index contributed by atoms with van der Waals surface area (Å²) in [7, 11) is 0. The Kier molecular flexibility index (Phi) is 5.61. The average molecular weight is 583 g/mol. The molecule has 0 aliphatic carbocycles. The van der Waals surface area contributed by atoms with Gasteiger partial charge in [-0.2, -0.15) is 0 Å². The van der Waals surface area contributed by atoms with Gasteiger partial charge >= 0.3 is 0 Å². The molecule has 0 atom stereocenters. The molecule has 4 aromatic heterocycles. The molecule has 44 heavy (non-hydrogen) atoms. The first-order valence-corrected chi connectivity index (χ1v) is 15.2. The van der Waals surface area contributed by atoms with Crippen molar-refractivity contribution in [3.8, 4) is 45.4 Å². The van der Waals surface area contributed by atoms with Crippen molar-refractivity contribution < 1.29 is 4.42 Å². The number of pyridine rings is 1. The van der Waals surface area contributed by atoms with Gasteiger partial charge < -0.3 is 4.42 Å². The van der Waals surface area contributed by atoms with E-state index in [2.05, 4.69) is 60.7 Å². The highest BCUT2D eigenvalue weighted by Crippen LogP contribution is 2.45. The van der Waals surface area contributed by atoms with E-state index in [4.69, 9.17) is 24.4 Å². The van der Waals surface area contributed by atoms with Gasteiger partial charge in [-0.25, -0.2) is 19.9 Å². The van der Waals surface area contributed by atoms with E-state index >= 15 is 0 Å². The third-order valence-corrected chi connectivity index (χ3v) is 9.14. The Labute approximate surface area is 256 Å². The Bertz CT molecular complexity index is 2430. The number of nitrogens with zero attached hydrogens (tertiary/aromatic N) is 4. The van der Waals surface area contributed by atoms with E-state index in [-0.39, 0.29) is 0 Å². The van der Waals surface area contributed by atoms with Crippen molar-refractivity contribution in [3.05, 3.63) is 133 Å². The highest BCUT2D eigenvalue weighted by atomic mass is 32.1. The van der Waals surface area contributed by atoms with Crippen LogP contribution in [0.3, 0.4) is 0 Å². The quantitative estimate of drug-likeness (QED) is 0.207. The second-order valence-electron chi connectivity index (χ2n) is 10.7. The zero-order valence-electron chi connectivity index (χ0n) is 23.3. The first kappa shape index (κ1) is 24.8. The van der Waals surface area contributed by atoms with Crippen LogP contribution in [0.15, 0.2) is 138 Å². The molecule has 0 N–H and O–H groups in total. The lowest BCUT2D eigenvalue weighted by Crippen LogP contribution is -2.00. The molecule has 0 aliphatic rings. The molecule has 0 saturated carbocycles. The van der Waals surface area contributed by atoms with Gasteiger partial charge in [-0.3, -0.25) is 0 Å². The first-order valence-electron chi connectivity index (χ1n) is 14.4. The zero-order chi connectivity index (χ0) is 29.0. The highest BCUT2D eigenvalue weighted by Gasteiger charge is 2.21. The monoisotopic (exact) mass is 582 g/mol. The normalized spacial score (nSPS) is 11.6. The van der Waals surface area contributed by atoms with Crippen LogP contribution in [0, 0.1) is 0 Å². The number of hydrogen-bond acceptors (Lipinski definition) is 6. The molecular weight excluding hydrogens is 561 g/mol. The van der Waals surface area contributed by atoms with E-state index in [0.717, 1.165) is 49.0 Å². The summed E-state index contributed by atoms with van der Waals surface area (Å²) in [6.07, 6.45) is 0. The van der Waals surface area contributed by atoms with Gasteiger partial charge in [-0.05, 0) is 12.1 Å². The van der Waals surface area contributed by atoms with Crippen molar-refractivity contribution in [1.82, 2.24) is 19.9 Å². The van der Waals surface area contributed by atoms with Gasteiger partial charge in [0.05, 0.1) is 15.8 Å². The third-order valence-electron chi connectivity index (χ3n) is 7.97. The molecule has 9 rings (SSSR count). The minimum absolute atomic E-state index is 0.622. The highest BCUT2D eigenvalue weighted by molar-refractivity contribution is 7.26. The fraction of sp³-hybridized carbons (Fsp3) is 0. The largest absolute Gasteiger partial charge is 0.438 e. The van der Waals surface area contributed by atoms with Gasteiger partial charge in [0.1, 0.15) is 5.58 Å². The summed E-state index contributed by atoms with van der Waals surface area (Å²) >= 11 is 1.77. The van der Waals surface area contributed by atoms with Crippen molar-refractivity contribution in [2.75, 3.05) is 0 Å². The van der Waals surface area contributed by atoms with Crippen LogP contribution in [0.5, 0.6) is 0 Å². The van der Waals surface area contributed by atoms with Crippen LogP contribution in [0.25, 0.3) is 87.7 Å². The van der Waals surface area contributed by atoms with E-state index in [0.29, 0.717) is 23.2 Å². The van der Waals surface area contributed by atoms with Gasteiger partial charge in [-0.15, -0.1) is 11.3 Å². The molecule has 0 fully saturated rings. The van der Waals surface area contributed by atoms with Crippen LogP contribution in [-0.4, -0.2) is 19.9 Å². The summed E-state index contributed by atoms with van der Waals surface area (Å²) in [5.74, 6) is 1.90. The minimum atomic E-state index is 0.622. The molecule has 0 spiro atoms. The second kappa shape index (κ2) is 9.93.